The number of hydrogen-bond donors (Lipinski definition) is 1. The molecule has 0 bridgehead atoms. The average Bonchev–Trinajstić information content (AvgIpc) is 2.45. The zero-order valence-corrected chi connectivity index (χ0v) is 12.0. The monoisotopic (exact) mass is 288 g/mol. The van der Waals surface area contributed by atoms with Gasteiger partial charge in [0.15, 0.2) is 0 Å². The van der Waals surface area contributed by atoms with Crippen molar-refractivity contribution in [2.75, 3.05) is 5.32 Å². The van der Waals surface area contributed by atoms with Crippen molar-refractivity contribution < 1.29 is 17.9 Å². The lowest BCUT2D eigenvalue weighted by Crippen LogP contribution is -2.38. The van der Waals surface area contributed by atoms with Crippen molar-refractivity contribution in [3.05, 3.63) is 23.9 Å². The zero-order valence-electron chi connectivity index (χ0n) is 12.0. The van der Waals surface area contributed by atoms with Crippen LogP contribution in [0, 0.1) is 0 Å². The summed E-state index contributed by atoms with van der Waals surface area (Å²) in [5, 5.41) is 3.06. The minimum absolute atomic E-state index is 0.0894. The maximum Gasteiger partial charge on any atom is 0.416 e. The minimum Gasteiger partial charge on any atom is -0.367 e. The molecule has 0 amide bonds. The van der Waals surface area contributed by atoms with Gasteiger partial charge < -0.3 is 10.1 Å². The molecule has 0 spiro atoms. The van der Waals surface area contributed by atoms with Gasteiger partial charge in [0.25, 0.3) is 0 Å². The van der Waals surface area contributed by atoms with Crippen LogP contribution >= 0.6 is 0 Å². The van der Waals surface area contributed by atoms with Gasteiger partial charge in [-0.25, -0.2) is 4.98 Å². The predicted octanol–water partition coefficient (Wildman–Crippen LogP) is 3.86. The fraction of sp³-hybridized carbons (Fsp3) is 0.643. The molecular formula is C14H19F3N2O. The van der Waals surface area contributed by atoms with Crippen LogP contribution in [0.1, 0.15) is 39.7 Å². The van der Waals surface area contributed by atoms with Crippen LogP contribution in [0.25, 0.3) is 0 Å². The quantitative estimate of drug-likeness (QED) is 0.897. The average molecular weight is 288 g/mol. The number of alkyl halides is 3. The third kappa shape index (κ3) is 3.23. The summed E-state index contributed by atoms with van der Waals surface area (Å²) in [4.78, 5) is 3.96. The SMILES string of the molecule is CC1(C)CC(Nc2cc(C(F)(F)F)ccn2)C(C)(C)O1. The second-order valence-electron chi connectivity index (χ2n) is 6.29. The second kappa shape index (κ2) is 4.62. The molecule has 1 aliphatic rings. The topological polar surface area (TPSA) is 34.2 Å². The standard InChI is InChI=1S/C14H19F3N2O/c1-12(2)8-10(13(3,4)20-12)19-11-7-9(5-6-18-11)14(15,16)17/h5-7,10H,8H2,1-4H3,(H,18,19). The Labute approximate surface area is 116 Å². The second-order valence-corrected chi connectivity index (χ2v) is 6.29. The van der Waals surface area contributed by atoms with E-state index in [2.05, 4.69) is 10.3 Å². The molecule has 6 heteroatoms. The van der Waals surface area contributed by atoms with E-state index in [0.29, 0.717) is 6.42 Å². The number of ether oxygens (including phenoxy) is 1. The number of nitrogens with zero attached hydrogens (tertiary/aromatic N) is 1. The highest BCUT2D eigenvalue weighted by Gasteiger charge is 2.46. The fourth-order valence-electron chi connectivity index (χ4n) is 2.65. The van der Waals surface area contributed by atoms with E-state index >= 15 is 0 Å². The summed E-state index contributed by atoms with van der Waals surface area (Å²) in [5.41, 5.74) is -1.46. The molecule has 1 saturated heterocycles. The molecule has 1 aromatic rings. The van der Waals surface area contributed by atoms with Crippen LogP contribution in [-0.2, 0) is 10.9 Å². The maximum absolute atomic E-state index is 12.7. The highest BCUT2D eigenvalue weighted by Crippen LogP contribution is 2.39. The number of rotatable bonds is 2. The molecule has 0 radical (unpaired) electrons. The third-order valence-electron chi connectivity index (χ3n) is 3.48. The molecule has 1 fully saturated rings. The van der Waals surface area contributed by atoms with E-state index in [4.69, 9.17) is 4.74 Å². The third-order valence-corrected chi connectivity index (χ3v) is 3.48. The molecule has 0 saturated carbocycles. The molecule has 2 heterocycles. The molecule has 1 unspecified atom stereocenters. The Kier molecular flexibility index (Phi) is 3.48. The van der Waals surface area contributed by atoms with E-state index in [-0.39, 0.29) is 17.5 Å². The first-order chi connectivity index (χ1) is 9.00. The number of hydrogen-bond acceptors (Lipinski definition) is 3. The Hall–Kier alpha value is -1.30. The van der Waals surface area contributed by atoms with Gasteiger partial charge in [0.1, 0.15) is 5.82 Å². The molecule has 20 heavy (non-hydrogen) atoms. The lowest BCUT2D eigenvalue weighted by atomic mass is 9.94. The number of aromatic nitrogens is 1. The molecule has 3 nitrogen and oxygen atoms in total. The van der Waals surface area contributed by atoms with Crippen molar-refractivity contribution in [2.45, 2.75) is 57.5 Å². The summed E-state index contributed by atoms with van der Waals surface area (Å²) in [6.45, 7) is 7.78. The highest BCUT2D eigenvalue weighted by atomic mass is 19.4. The number of nitrogens with one attached hydrogen (secondary N) is 1. The van der Waals surface area contributed by atoms with Gasteiger partial charge in [-0.2, -0.15) is 13.2 Å². The highest BCUT2D eigenvalue weighted by molar-refractivity contribution is 5.40. The van der Waals surface area contributed by atoms with Crippen LogP contribution in [0.15, 0.2) is 18.3 Å². The van der Waals surface area contributed by atoms with E-state index in [1.54, 1.807) is 0 Å². The van der Waals surface area contributed by atoms with Gasteiger partial charge in [-0.3, -0.25) is 0 Å². The number of halogens is 3. The maximum atomic E-state index is 12.7. The molecule has 2 rings (SSSR count). The molecule has 1 aliphatic heterocycles. The summed E-state index contributed by atoms with van der Waals surface area (Å²) in [5.74, 6) is 0.221. The van der Waals surface area contributed by atoms with Gasteiger partial charge in [0.2, 0.25) is 0 Å². The molecule has 0 aromatic carbocycles. The molecule has 1 aromatic heterocycles. The fourth-order valence-corrected chi connectivity index (χ4v) is 2.65. The lowest BCUT2D eigenvalue weighted by Gasteiger charge is -2.28. The summed E-state index contributed by atoms with van der Waals surface area (Å²) in [7, 11) is 0. The van der Waals surface area contributed by atoms with Crippen LogP contribution in [-0.4, -0.2) is 22.2 Å². The van der Waals surface area contributed by atoms with Crippen molar-refractivity contribution in [2.24, 2.45) is 0 Å². The van der Waals surface area contributed by atoms with Crippen molar-refractivity contribution >= 4 is 5.82 Å². The molecule has 112 valence electrons. The molecule has 0 aliphatic carbocycles. The minimum atomic E-state index is -4.36. The summed E-state index contributed by atoms with van der Waals surface area (Å²) >= 11 is 0. The zero-order chi connectivity index (χ0) is 15.2. The van der Waals surface area contributed by atoms with Crippen molar-refractivity contribution in [1.29, 1.82) is 0 Å². The van der Waals surface area contributed by atoms with Gasteiger partial charge in [-0.15, -0.1) is 0 Å². The Morgan fingerprint density at radius 3 is 2.45 bits per heavy atom. The van der Waals surface area contributed by atoms with Gasteiger partial charge in [0.05, 0.1) is 22.8 Å². The van der Waals surface area contributed by atoms with E-state index in [1.165, 1.54) is 6.20 Å². The van der Waals surface area contributed by atoms with Gasteiger partial charge in [-0.1, -0.05) is 0 Å². The number of anilines is 1. The van der Waals surface area contributed by atoms with Crippen molar-refractivity contribution in [1.82, 2.24) is 4.98 Å². The Bertz CT molecular complexity index is 497. The van der Waals surface area contributed by atoms with Crippen LogP contribution in [0.2, 0.25) is 0 Å². The molecule has 1 atom stereocenters. The summed E-state index contributed by atoms with van der Waals surface area (Å²) in [6, 6.07) is 1.90. The molecule has 1 N–H and O–H groups in total. The van der Waals surface area contributed by atoms with E-state index < -0.39 is 17.3 Å². The molecular weight excluding hydrogens is 269 g/mol. The summed E-state index contributed by atoms with van der Waals surface area (Å²) < 4.78 is 43.9. The van der Waals surface area contributed by atoms with E-state index in [9.17, 15) is 13.2 Å². The first-order valence-corrected chi connectivity index (χ1v) is 6.50. The summed E-state index contributed by atoms with van der Waals surface area (Å²) in [6.07, 6.45) is -2.49. The van der Waals surface area contributed by atoms with Gasteiger partial charge in [-0.05, 0) is 46.2 Å². The Morgan fingerprint density at radius 1 is 1.30 bits per heavy atom. The number of pyridine rings is 1. The normalized spacial score (nSPS) is 24.6. The van der Waals surface area contributed by atoms with Crippen molar-refractivity contribution in [3.63, 3.8) is 0 Å². The van der Waals surface area contributed by atoms with Crippen LogP contribution in [0.4, 0.5) is 19.0 Å². The first-order valence-electron chi connectivity index (χ1n) is 6.50. The Morgan fingerprint density at radius 2 is 1.95 bits per heavy atom. The van der Waals surface area contributed by atoms with Crippen LogP contribution in [0.5, 0.6) is 0 Å². The first kappa shape index (κ1) is 15.1. The Balaban J connectivity index is 2.19. The smallest absolute Gasteiger partial charge is 0.367 e. The van der Waals surface area contributed by atoms with Gasteiger partial charge in [0, 0.05) is 6.20 Å². The van der Waals surface area contributed by atoms with Crippen LogP contribution in [0.3, 0.4) is 0 Å². The van der Waals surface area contributed by atoms with E-state index in [1.807, 2.05) is 27.7 Å². The lowest BCUT2D eigenvalue weighted by molar-refractivity contribution is -0.137. The van der Waals surface area contributed by atoms with Crippen LogP contribution < -0.4 is 5.32 Å². The largest absolute Gasteiger partial charge is 0.416 e. The van der Waals surface area contributed by atoms with E-state index in [0.717, 1.165) is 12.1 Å². The van der Waals surface area contributed by atoms with Gasteiger partial charge >= 0.3 is 6.18 Å². The predicted molar refractivity (Wildman–Crippen MR) is 70.5 cm³/mol. The van der Waals surface area contributed by atoms with Crippen molar-refractivity contribution in [3.8, 4) is 0 Å².